The van der Waals surface area contributed by atoms with Gasteiger partial charge in [-0.05, 0) is 12.1 Å². The highest BCUT2D eigenvalue weighted by molar-refractivity contribution is 7.13. The van der Waals surface area contributed by atoms with Crippen LogP contribution >= 0.6 is 11.3 Å². The molecule has 2 rings (SSSR count). The van der Waals surface area contributed by atoms with Crippen LogP contribution in [0.2, 0.25) is 0 Å². The van der Waals surface area contributed by atoms with E-state index in [4.69, 9.17) is 5.26 Å². The summed E-state index contributed by atoms with van der Waals surface area (Å²) in [6, 6.07) is 5.83. The van der Waals surface area contributed by atoms with Gasteiger partial charge in [0.05, 0.1) is 5.69 Å². The fourth-order valence-corrected chi connectivity index (χ4v) is 1.65. The molecule has 0 aliphatic rings. The van der Waals surface area contributed by atoms with Crippen LogP contribution in [0, 0.1) is 11.3 Å². The number of nitrogens with one attached hydrogen (secondary N) is 1. The molecule has 3 nitrogen and oxygen atoms in total. The van der Waals surface area contributed by atoms with Crippen LogP contribution in [0.25, 0.3) is 10.7 Å². The number of aromatic nitrogens is 2. The maximum absolute atomic E-state index is 8.53. The van der Waals surface area contributed by atoms with Crippen LogP contribution in [0.15, 0.2) is 23.7 Å². The molecular weight excluding hydrogens is 170 g/mol. The molecule has 2 aromatic rings. The molecule has 12 heavy (non-hydrogen) atoms. The van der Waals surface area contributed by atoms with Crippen molar-refractivity contribution in [3.8, 4) is 16.8 Å². The normalized spacial score (nSPS) is 9.58. The van der Waals surface area contributed by atoms with Crippen molar-refractivity contribution in [3.63, 3.8) is 0 Å². The Morgan fingerprint density at radius 1 is 1.58 bits per heavy atom. The number of nitrogens with zero attached hydrogens (tertiary/aromatic N) is 2. The molecule has 0 radical (unpaired) electrons. The molecule has 0 unspecified atom stereocenters. The van der Waals surface area contributed by atoms with E-state index in [2.05, 4.69) is 9.97 Å². The molecule has 2 aromatic heterocycles. The Balaban J connectivity index is 2.44. The molecule has 0 saturated carbocycles. The van der Waals surface area contributed by atoms with Gasteiger partial charge in [0.15, 0.2) is 5.69 Å². The van der Waals surface area contributed by atoms with Gasteiger partial charge in [-0.2, -0.15) is 5.26 Å². The van der Waals surface area contributed by atoms with Crippen molar-refractivity contribution in [1.82, 2.24) is 9.97 Å². The Kier molecular flexibility index (Phi) is 1.65. The number of rotatable bonds is 1. The summed E-state index contributed by atoms with van der Waals surface area (Å²) in [5.74, 6) is 0. The van der Waals surface area contributed by atoms with Crippen molar-refractivity contribution in [3.05, 3.63) is 29.4 Å². The third kappa shape index (κ3) is 1.11. The SMILES string of the molecule is N#Cc1csc(-c2ccc[nH]2)n1. The molecule has 0 bridgehead atoms. The molecule has 0 fully saturated rings. The number of aromatic amines is 1. The highest BCUT2D eigenvalue weighted by atomic mass is 32.1. The fourth-order valence-electron chi connectivity index (χ4n) is 0.912. The van der Waals surface area contributed by atoms with E-state index in [-0.39, 0.29) is 0 Å². The minimum absolute atomic E-state index is 0.476. The predicted octanol–water partition coefficient (Wildman–Crippen LogP) is 2.01. The van der Waals surface area contributed by atoms with Crippen LogP contribution < -0.4 is 0 Å². The van der Waals surface area contributed by atoms with Crippen LogP contribution in [-0.2, 0) is 0 Å². The topological polar surface area (TPSA) is 52.5 Å². The van der Waals surface area contributed by atoms with Crippen LogP contribution in [0.5, 0.6) is 0 Å². The Morgan fingerprint density at radius 2 is 2.50 bits per heavy atom. The average Bonchev–Trinajstić information content (AvgIpc) is 2.75. The number of nitriles is 1. The van der Waals surface area contributed by atoms with E-state index in [0.717, 1.165) is 10.7 Å². The van der Waals surface area contributed by atoms with Crippen LogP contribution in [0.3, 0.4) is 0 Å². The van der Waals surface area contributed by atoms with E-state index in [1.54, 1.807) is 5.38 Å². The van der Waals surface area contributed by atoms with Crippen molar-refractivity contribution >= 4 is 11.3 Å². The zero-order valence-corrected chi connectivity index (χ0v) is 6.93. The van der Waals surface area contributed by atoms with Crippen LogP contribution in [-0.4, -0.2) is 9.97 Å². The first kappa shape index (κ1) is 7.07. The van der Waals surface area contributed by atoms with Gasteiger partial charge in [-0.1, -0.05) is 0 Å². The fraction of sp³-hybridized carbons (Fsp3) is 0. The van der Waals surface area contributed by atoms with E-state index in [0.29, 0.717) is 5.69 Å². The summed E-state index contributed by atoms with van der Waals surface area (Å²) in [7, 11) is 0. The van der Waals surface area contributed by atoms with Crippen molar-refractivity contribution in [2.75, 3.05) is 0 Å². The molecule has 2 heterocycles. The summed E-state index contributed by atoms with van der Waals surface area (Å²) < 4.78 is 0. The molecule has 4 heteroatoms. The van der Waals surface area contributed by atoms with Crippen molar-refractivity contribution in [2.45, 2.75) is 0 Å². The lowest BCUT2D eigenvalue weighted by Gasteiger charge is -1.85. The van der Waals surface area contributed by atoms with Gasteiger partial charge in [0.1, 0.15) is 11.1 Å². The first-order valence-electron chi connectivity index (χ1n) is 3.39. The number of hydrogen-bond acceptors (Lipinski definition) is 3. The van der Waals surface area contributed by atoms with Gasteiger partial charge in [0, 0.05) is 11.6 Å². The maximum Gasteiger partial charge on any atom is 0.152 e. The molecule has 0 amide bonds. The van der Waals surface area contributed by atoms with Gasteiger partial charge in [0.25, 0.3) is 0 Å². The first-order chi connectivity index (χ1) is 5.90. The average molecular weight is 175 g/mol. The monoisotopic (exact) mass is 175 g/mol. The standard InChI is InChI=1S/C8H5N3S/c9-4-6-5-12-8(11-6)7-2-1-3-10-7/h1-3,5,10H. The Morgan fingerprint density at radius 3 is 3.08 bits per heavy atom. The zero-order chi connectivity index (χ0) is 8.39. The Bertz CT molecular complexity index is 408. The third-order valence-electron chi connectivity index (χ3n) is 1.45. The Labute approximate surface area is 73.3 Å². The minimum atomic E-state index is 0.476. The molecule has 0 aliphatic carbocycles. The number of thiazole rings is 1. The van der Waals surface area contributed by atoms with Gasteiger partial charge in [-0.15, -0.1) is 11.3 Å². The summed E-state index contributed by atoms with van der Waals surface area (Å²) in [4.78, 5) is 7.13. The quantitative estimate of drug-likeness (QED) is 0.720. The summed E-state index contributed by atoms with van der Waals surface area (Å²) >= 11 is 1.47. The van der Waals surface area contributed by atoms with Gasteiger partial charge in [-0.3, -0.25) is 0 Å². The third-order valence-corrected chi connectivity index (χ3v) is 2.32. The molecule has 1 N–H and O–H groups in total. The van der Waals surface area contributed by atoms with E-state index < -0.39 is 0 Å². The van der Waals surface area contributed by atoms with E-state index in [1.807, 2.05) is 24.4 Å². The molecule has 58 valence electrons. The van der Waals surface area contributed by atoms with Crippen molar-refractivity contribution < 1.29 is 0 Å². The molecule has 0 aromatic carbocycles. The lowest BCUT2D eigenvalue weighted by atomic mass is 10.4. The first-order valence-corrected chi connectivity index (χ1v) is 4.27. The molecule has 0 aliphatic heterocycles. The van der Waals surface area contributed by atoms with Gasteiger partial charge in [0.2, 0.25) is 0 Å². The zero-order valence-electron chi connectivity index (χ0n) is 6.11. The highest BCUT2D eigenvalue weighted by Gasteiger charge is 2.03. The minimum Gasteiger partial charge on any atom is -0.359 e. The second kappa shape index (κ2) is 2.80. The van der Waals surface area contributed by atoms with E-state index in [9.17, 15) is 0 Å². The smallest absolute Gasteiger partial charge is 0.152 e. The Hall–Kier alpha value is -1.60. The maximum atomic E-state index is 8.53. The van der Waals surface area contributed by atoms with Gasteiger partial charge >= 0.3 is 0 Å². The van der Waals surface area contributed by atoms with Crippen molar-refractivity contribution in [2.24, 2.45) is 0 Å². The number of hydrogen-bond donors (Lipinski definition) is 1. The molecule has 0 atom stereocenters. The molecular formula is C8H5N3S. The molecule has 0 saturated heterocycles. The largest absolute Gasteiger partial charge is 0.359 e. The van der Waals surface area contributed by atoms with Crippen molar-refractivity contribution in [1.29, 1.82) is 5.26 Å². The van der Waals surface area contributed by atoms with Crippen LogP contribution in [0.4, 0.5) is 0 Å². The van der Waals surface area contributed by atoms with Gasteiger partial charge < -0.3 is 4.98 Å². The van der Waals surface area contributed by atoms with E-state index in [1.165, 1.54) is 11.3 Å². The van der Waals surface area contributed by atoms with Gasteiger partial charge in [-0.25, -0.2) is 4.98 Å². The summed E-state index contributed by atoms with van der Waals surface area (Å²) in [5, 5.41) is 11.1. The lowest BCUT2D eigenvalue weighted by Crippen LogP contribution is -1.75. The lowest BCUT2D eigenvalue weighted by molar-refractivity contribution is 1.30. The second-order valence-electron chi connectivity index (χ2n) is 2.23. The summed E-state index contributed by atoms with van der Waals surface area (Å²) in [6.07, 6.45) is 1.84. The molecule has 0 spiro atoms. The second-order valence-corrected chi connectivity index (χ2v) is 3.09. The summed E-state index contributed by atoms with van der Waals surface area (Å²) in [6.45, 7) is 0. The predicted molar refractivity (Wildman–Crippen MR) is 46.6 cm³/mol. The van der Waals surface area contributed by atoms with Crippen LogP contribution in [0.1, 0.15) is 5.69 Å². The summed E-state index contributed by atoms with van der Waals surface area (Å²) in [5.41, 5.74) is 1.44. The highest BCUT2D eigenvalue weighted by Crippen LogP contribution is 2.20. The van der Waals surface area contributed by atoms with E-state index >= 15 is 0 Å². The number of H-pyrrole nitrogens is 1.